The highest BCUT2D eigenvalue weighted by atomic mass is 35.5. The van der Waals surface area contributed by atoms with E-state index in [1.54, 1.807) is 51.1 Å². The van der Waals surface area contributed by atoms with Gasteiger partial charge in [0.25, 0.3) is 0 Å². The highest BCUT2D eigenvalue weighted by Gasteiger charge is 2.33. The molecule has 13 heteroatoms. The number of aliphatic hydroxyl groups is 1. The van der Waals surface area contributed by atoms with Crippen molar-refractivity contribution >= 4 is 50.7 Å². The molecule has 0 unspecified atom stereocenters. The number of carbonyl (C=O) groups excluding carboxylic acids is 1. The van der Waals surface area contributed by atoms with Crippen LogP contribution >= 0.6 is 34.5 Å². The Morgan fingerprint density at radius 1 is 0.964 bits per heavy atom. The van der Waals surface area contributed by atoms with Gasteiger partial charge >= 0.3 is 5.97 Å². The largest absolute Gasteiger partial charge is 0.490 e. The Morgan fingerprint density at radius 2 is 1.68 bits per heavy atom. The van der Waals surface area contributed by atoms with Crippen molar-refractivity contribution in [1.29, 1.82) is 0 Å². The zero-order valence-electron chi connectivity index (χ0n) is 31.3. The first-order valence-electron chi connectivity index (χ1n) is 17.9. The van der Waals surface area contributed by atoms with E-state index in [1.165, 1.54) is 29.8 Å². The fourth-order valence-corrected chi connectivity index (χ4v) is 8.15. The number of fused-ring (bicyclic) bond motifs is 7. The lowest BCUT2D eigenvalue weighted by atomic mass is 9.92. The number of aliphatic hydroxyl groups excluding tert-OH is 1. The minimum Gasteiger partial charge on any atom is -0.490 e. The average Bonchev–Trinajstić information content (AvgIpc) is 3.56. The van der Waals surface area contributed by atoms with Crippen LogP contribution in [0.4, 0.5) is 4.39 Å². The summed E-state index contributed by atoms with van der Waals surface area (Å²) in [6.07, 6.45) is -0.729. The van der Waals surface area contributed by atoms with Crippen molar-refractivity contribution in [2.75, 3.05) is 13.2 Å². The summed E-state index contributed by atoms with van der Waals surface area (Å²) in [5.41, 5.74) is 3.89. The van der Waals surface area contributed by atoms with Crippen molar-refractivity contribution in [3.05, 3.63) is 117 Å². The summed E-state index contributed by atoms with van der Waals surface area (Å²) < 4.78 is 45.7. The molecule has 2 atom stereocenters. The summed E-state index contributed by atoms with van der Waals surface area (Å²) in [5, 5.41) is 11.4. The minimum absolute atomic E-state index is 0.00400. The zero-order valence-corrected chi connectivity index (χ0v) is 33.7. The summed E-state index contributed by atoms with van der Waals surface area (Å²) in [4.78, 5) is 24.7. The van der Waals surface area contributed by atoms with Crippen LogP contribution in [0.3, 0.4) is 0 Å². The summed E-state index contributed by atoms with van der Waals surface area (Å²) in [7, 11) is 0. The molecule has 4 heterocycles. The van der Waals surface area contributed by atoms with Gasteiger partial charge in [-0.05, 0) is 92.8 Å². The number of rotatable bonds is 6. The molecule has 8 rings (SSSR count). The second-order valence-electron chi connectivity index (χ2n) is 14.4. The number of carbonyl (C=O) groups is 1. The number of thiophene rings is 1. The third-order valence-corrected chi connectivity index (χ3v) is 11.2. The van der Waals surface area contributed by atoms with Crippen molar-refractivity contribution in [2.45, 2.75) is 65.5 Å². The molecule has 0 saturated heterocycles. The second-order valence-corrected chi connectivity index (χ2v) is 16.1. The van der Waals surface area contributed by atoms with E-state index in [-0.39, 0.29) is 41.3 Å². The van der Waals surface area contributed by atoms with Gasteiger partial charge in [-0.2, -0.15) is 0 Å². The number of nitrogens with zero attached hydrogens (tertiary/aromatic N) is 2. The van der Waals surface area contributed by atoms with Crippen molar-refractivity contribution in [1.82, 2.24) is 9.97 Å². The molecule has 290 valence electrons. The van der Waals surface area contributed by atoms with Gasteiger partial charge in [-0.1, -0.05) is 65.7 Å². The number of ether oxygens (including phenoxy) is 5. The summed E-state index contributed by atoms with van der Waals surface area (Å²) in [6, 6.07) is 21.1. The predicted octanol–water partition coefficient (Wildman–Crippen LogP) is 10.1. The number of hydrogen-bond acceptors (Lipinski definition) is 10. The minimum atomic E-state index is -1.23. The Hall–Kier alpha value is -4.94. The molecule has 0 amide bonds. The second kappa shape index (κ2) is 16.3. The van der Waals surface area contributed by atoms with Gasteiger partial charge in [0, 0.05) is 22.4 Å². The first-order valence-corrected chi connectivity index (χ1v) is 19.5. The lowest BCUT2D eigenvalue weighted by Gasteiger charge is -2.25. The van der Waals surface area contributed by atoms with Crippen LogP contribution in [0.15, 0.2) is 79.1 Å². The van der Waals surface area contributed by atoms with E-state index in [0.717, 1.165) is 10.4 Å². The third-order valence-electron chi connectivity index (χ3n) is 9.14. The summed E-state index contributed by atoms with van der Waals surface area (Å²) >= 11 is 15.5. The first kappa shape index (κ1) is 39.3. The Morgan fingerprint density at radius 3 is 2.36 bits per heavy atom. The van der Waals surface area contributed by atoms with Gasteiger partial charge in [-0.3, -0.25) is 0 Å². The van der Waals surface area contributed by atoms with E-state index in [9.17, 15) is 14.3 Å². The Bertz CT molecular complexity index is 2370. The molecule has 4 aromatic carbocycles. The normalized spacial score (nSPS) is 15.7. The fourth-order valence-electron chi connectivity index (χ4n) is 6.49. The highest BCUT2D eigenvalue weighted by Crippen LogP contribution is 2.53. The molecular formula is C43H39Cl2FN2O7S. The van der Waals surface area contributed by atoms with Gasteiger partial charge in [0.05, 0.1) is 22.0 Å². The van der Waals surface area contributed by atoms with Gasteiger partial charge in [-0.15, -0.1) is 11.3 Å². The molecular weight excluding hydrogens is 778 g/mol. The van der Waals surface area contributed by atoms with Crippen LogP contribution in [-0.4, -0.2) is 52.1 Å². The number of aromatic nitrogens is 2. The van der Waals surface area contributed by atoms with E-state index in [2.05, 4.69) is 9.97 Å². The number of hydrogen-bond donors (Lipinski definition) is 1. The Balaban J connectivity index is 1.47. The molecule has 56 heavy (non-hydrogen) atoms. The molecule has 0 spiro atoms. The smallest absolute Gasteiger partial charge is 0.348 e. The maximum Gasteiger partial charge on any atom is 0.348 e. The highest BCUT2D eigenvalue weighted by molar-refractivity contribution is 7.22. The van der Waals surface area contributed by atoms with Crippen LogP contribution in [0.1, 0.15) is 43.0 Å². The van der Waals surface area contributed by atoms with Gasteiger partial charge in [0.15, 0.2) is 11.9 Å². The number of halogens is 3. The molecule has 2 aromatic heterocycles. The standard InChI is InChI=1S/C43H39Cl2FN2O7S/c1-23-33-24(2)37(45)38(36(23)44)53-30(19-49)21-51-29-15-16-31(52-20-25-9-7-6-8-10-25)27(17-29)18-32(42(50)55-43(3,4)5)54-40-35-34(33)39(56-41(35)48-22-47-40)26-11-13-28(46)14-12-26/h6-17,22,30,32,49H,18-21H2,1-5H3/t30-,32-/m1/s1. The summed E-state index contributed by atoms with van der Waals surface area (Å²) in [5.74, 6) is 0.197. The monoisotopic (exact) mass is 816 g/mol. The van der Waals surface area contributed by atoms with E-state index >= 15 is 0 Å². The third kappa shape index (κ3) is 8.27. The molecule has 0 aliphatic carbocycles. The molecule has 9 nitrogen and oxygen atoms in total. The van der Waals surface area contributed by atoms with E-state index in [0.29, 0.717) is 55.1 Å². The van der Waals surface area contributed by atoms with Gasteiger partial charge in [0.1, 0.15) is 47.3 Å². The molecule has 2 aliphatic rings. The molecule has 4 bridgehead atoms. The maximum atomic E-state index is 14.3. The maximum absolute atomic E-state index is 14.3. The molecule has 0 fully saturated rings. The quantitative estimate of drug-likeness (QED) is 0.164. The predicted molar refractivity (Wildman–Crippen MR) is 216 cm³/mol. The molecule has 0 radical (unpaired) electrons. The fraction of sp³-hybridized carbons (Fsp3) is 0.279. The molecule has 2 aliphatic heterocycles. The van der Waals surface area contributed by atoms with Crippen LogP contribution in [0, 0.1) is 19.7 Å². The van der Waals surface area contributed by atoms with Crippen molar-refractivity contribution in [3.63, 3.8) is 0 Å². The van der Waals surface area contributed by atoms with Gasteiger partial charge in [0.2, 0.25) is 12.0 Å². The van der Waals surface area contributed by atoms with E-state index < -0.39 is 36.2 Å². The van der Waals surface area contributed by atoms with Crippen LogP contribution < -0.4 is 18.9 Å². The number of benzene rings is 4. The number of esters is 1. The lowest BCUT2D eigenvalue weighted by molar-refractivity contribution is -0.163. The zero-order chi connectivity index (χ0) is 39.7. The average molecular weight is 818 g/mol. The van der Waals surface area contributed by atoms with Gasteiger partial charge < -0.3 is 28.8 Å². The topological polar surface area (TPSA) is 109 Å². The van der Waals surface area contributed by atoms with Crippen molar-refractivity contribution < 1.29 is 38.0 Å². The lowest BCUT2D eigenvalue weighted by Crippen LogP contribution is -2.37. The van der Waals surface area contributed by atoms with Crippen LogP contribution in [-0.2, 0) is 22.6 Å². The van der Waals surface area contributed by atoms with Crippen LogP contribution in [0.2, 0.25) is 10.0 Å². The molecule has 6 aromatic rings. The van der Waals surface area contributed by atoms with E-state index in [4.69, 9.17) is 46.9 Å². The van der Waals surface area contributed by atoms with Crippen molar-refractivity contribution in [2.24, 2.45) is 0 Å². The SMILES string of the molecule is Cc1c(Cl)c2c(Cl)c(C)c1-c1c(-c3ccc(F)cc3)sc3ncnc(c13)O[C@@H](C(=O)OC(C)(C)C)Cc1cc(ccc1OCc1ccccc1)OC[C@@H](CO)O2. The van der Waals surface area contributed by atoms with E-state index in [1.807, 2.05) is 44.2 Å². The summed E-state index contributed by atoms with van der Waals surface area (Å²) in [6.45, 7) is 8.80. The Kier molecular flexibility index (Phi) is 11.4. The van der Waals surface area contributed by atoms with Crippen molar-refractivity contribution in [3.8, 4) is 44.7 Å². The van der Waals surface area contributed by atoms with Gasteiger partial charge in [-0.25, -0.2) is 19.2 Å². The van der Waals surface area contributed by atoms with Crippen LogP contribution in [0.5, 0.6) is 23.1 Å². The molecule has 0 saturated carbocycles. The Labute approximate surface area is 337 Å². The molecule has 1 N–H and O–H groups in total. The van der Waals surface area contributed by atoms with Crippen LogP contribution in [0.25, 0.3) is 31.8 Å². The first-order chi connectivity index (χ1) is 26.8.